The number of aliphatic hydroxyl groups is 1. The minimum Gasteiger partial charge on any atom is -0.507 e. The maximum absolute atomic E-state index is 13.1. The normalized spacial score (nSPS) is 18.6. The van der Waals surface area contributed by atoms with Crippen molar-refractivity contribution in [1.29, 1.82) is 0 Å². The fourth-order valence-electron chi connectivity index (χ4n) is 3.60. The van der Waals surface area contributed by atoms with Crippen LogP contribution in [0, 0.1) is 5.82 Å². The van der Waals surface area contributed by atoms with Gasteiger partial charge in [-0.2, -0.15) is 0 Å². The second-order valence-electron chi connectivity index (χ2n) is 6.99. The number of nitrogens with zero attached hydrogens (tertiary/aromatic N) is 2. The molecule has 6 heteroatoms. The maximum Gasteiger partial charge on any atom is 0.123 e. The number of benzene rings is 2. The van der Waals surface area contributed by atoms with Crippen LogP contribution in [-0.2, 0) is 13.1 Å². The van der Waals surface area contributed by atoms with E-state index in [1.165, 1.54) is 12.1 Å². The lowest BCUT2D eigenvalue weighted by Crippen LogP contribution is -2.52. The molecule has 1 aliphatic rings. The average Bonchev–Trinajstić information content (AvgIpc) is 2.67. The van der Waals surface area contributed by atoms with Gasteiger partial charge < -0.3 is 14.9 Å². The summed E-state index contributed by atoms with van der Waals surface area (Å²) in [6, 6.07) is 12.2. The third-order valence-corrected chi connectivity index (χ3v) is 5.14. The molecule has 0 radical (unpaired) electrons. The Kier molecular flexibility index (Phi) is 6.66. The van der Waals surface area contributed by atoms with Crippen molar-refractivity contribution in [2.75, 3.05) is 33.4 Å². The van der Waals surface area contributed by atoms with Gasteiger partial charge in [0.05, 0.1) is 7.11 Å². The molecule has 27 heavy (non-hydrogen) atoms. The number of aliphatic hydroxyl groups excluding tert-OH is 1. The minimum atomic E-state index is -0.227. The zero-order chi connectivity index (χ0) is 19.2. The second kappa shape index (κ2) is 9.17. The Morgan fingerprint density at radius 2 is 1.89 bits per heavy atom. The van der Waals surface area contributed by atoms with Crippen LogP contribution in [0.5, 0.6) is 11.5 Å². The molecule has 2 N–H and O–H groups in total. The molecule has 1 saturated heterocycles. The molecule has 1 aliphatic heterocycles. The molecule has 0 saturated carbocycles. The van der Waals surface area contributed by atoms with E-state index in [4.69, 9.17) is 4.74 Å². The summed E-state index contributed by atoms with van der Waals surface area (Å²) < 4.78 is 18.3. The Bertz CT molecular complexity index is 739. The van der Waals surface area contributed by atoms with Crippen molar-refractivity contribution >= 4 is 0 Å². The summed E-state index contributed by atoms with van der Waals surface area (Å²) in [5.74, 6) is 0.648. The lowest BCUT2D eigenvalue weighted by Gasteiger charge is -2.41. The molecule has 146 valence electrons. The van der Waals surface area contributed by atoms with Gasteiger partial charge in [0.15, 0.2) is 0 Å². The summed E-state index contributed by atoms with van der Waals surface area (Å²) in [7, 11) is 1.58. The van der Waals surface area contributed by atoms with Crippen molar-refractivity contribution in [3.8, 4) is 11.5 Å². The minimum absolute atomic E-state index is 0.131. The first-order chi connectivity index (χ1) is 13.1. The van der Waals surface area contributed by atoms with Crippen molar-refractivity contribution in [2.45, 2.75) is 25.6 Å². The van der Waals surface area contributed by atoms with Crippen molar-refractivity contribution in [2.24, 2.45) is 0 Å². The van der Waals surface area contributed by atoms with Gasteiger partial charge >= 0.3 is 0 Å². The third-order valence-electron chi connectivity index (χ3n) is 5.14. The number of piperazine rings is 1. The summed E-state index contributed by atoms with van der Waals surface area (Å²) in [6.45, 7) is 4.07. The maximum atomic E-state index is 13.1. The number of aromatic hydroxyl groups is 1. The summed E-state index contributed by atoms with van der Waals surface area (Å²) in [6.07, 6.45) is 0.687. The standard InChI is InChI=1S/C21H27FN2O3/c1-27-20-7-4-17(21(26)12-20)14-23-9-10-24(19(15-23)8-11-25)13-16-2-5-18(22)6-3-16/h2-7,12,19,25-26H,8-11,13-15H2,1H3. The highest BCUT2D eigenvalue weighted by atomic mass is 19.1. The molecule has 2 aromatic carbocycles. The summed E-state index contributed by atoms with van der Waals surface area (Å²) in [4.78, 5) is 4.64. The number of halogens is 1. The molecule has 1 unspecified atom stereocenters. The first-order valence-electron chi connectivity index (χ1n) is 9.26. The Morgan fingerprint density at radius 3 is 2.56 bits per heavy atom. The first-order valence-corrected chi connectivity index (χ1v) is 9.26. The van der Waals surface area contributed by atoms with Crippen LogP contribution in [0.25, 0.3) is 0 Å². The van der Waals surface area contributed by atoms with Gasteiger partial charge in [0, 0.05) is 57.0 Å². The molecule has 0 spiro atoms. The zero-order valence-corrected chi connectivity index (χ0v) is 15.6. The third kappa shape index (κ3) is 5.19. The highest BCUT2D eigenvalue weighted by Crippen LogP contribution is 2.26. The molecule has 3 rings (SSSR count). The Hall–Kier alpha value is -2.15. The molecule has 1 heterocycles. The van der Waals surface area contributed by atoms with Crippen LogP contribution >= 0.6 is 0 Å². The van der Waals surface area contributed by atoms with Gasteiger partial charge in [0.25, 0.3) is 0 Å². The van der Waals surface area contributed by atoms with Crippen LogP contribution in [0.1, 0.15) is 17.5 Å². The second-order valence-corrected chi connectivity index (χ2v) is 6.99. The fourth-order valence-corrected chi connectivity index (χ4v) is 3.60. The molecule has 0 aliphatic carbocycles. The number of ether oxygens (including phenoxy) is 1. The molecule has 0 amide bonds. The van der Waals surface area contributed by atoms with Crippen molar-refractivity contribution in [3.05, 3.63) is 59.4 Å². The van der Waals surface area contributed by atoms with Crippen LogP contribution in [0.2, 0.25) is 0 Å². The van der Waals surface area contributed by atoms with E-state index in [2.05, 4.69) is 9.80 Å². The topological polar surface area (TPSA) is 56.2 Å². The lowest BCUT2D eigenvalue weighted by atomic mass is 10.1. The number of phenols is 1. The van der Waals surface area contributed by atoms with Crippen LogP contribution in [-0.4, -0.2) is 59.4 Å². The largest absolute Gasteiger partial charge is 0.507 e. The first kappa shape index (κ1) is 19.6. The van der Waals surface area contributed by atoms with Crippen molar-refractivity contribution < 1.29 is 19.3 Å². The predicted molar refractivity (Wildman–Crippen MR) is 102 cm³/mol. The molecule has 2 aromatic rings. The Balaban J connectivity index is 1.63. The van der Waals surface area contributed by atoms with E-state index in [0.717, 1.165) is 37.3 Å². The van der Waals surface area contributed by atoms with Crippen LogP contribution in [0.4, 0.5) is 4.39 Å². The average molecular weight is 374 g/mol. The number of phenolic OH excluding ortho intramolecular Hbond substituents is 1. The van der Waals surface area contributed by atoms with Gasteiger partial charge in [-0.15, -0.1) is 0 Å². The van der Waals surface area contributed by atoms with Gasteiger partial charge in [0.2, 0.25) is 0 Å². The smallest absolute Gasteiger partial charge is 0.123 e. The van der Waals surface area contributed by atoms with E-state index in [9.17, 15) is 14.6 Å². The molecular formula is C21H27FN2O3. The van der Waals surface area contributed by atoms with Gasteiger partial charge in [-0.3, -0.25) is 9.80 Å². The van der Waals surface area contributed by atoms with Gasteiger partial charge in [-0.05, 0) is 30.2 Å². The van der Waals surface area contributed by atoms with Gasteiger partial charge in [-0.1, -0.05) is 18.2 Å². The predicted octanol–water partition coefficient (Wildman–Crippen LogP) is 2.61. The molecule has 1 fully saturated rings. The molecule has 5 nitrogen and oxygen atoms in total. The number of hydrogen-bond donors (Lipinski definition) is 2. The number of hydrogen-bond acceptors (Lipinski definition) is 5. The van der Waals surface area contributed by atoms with E-state index >= 15 is 0 Å². The molecule has 1 atom stereocenters. The van der Waals surface area contributed by atoms with E-state index in [0.29, 0.717) is 18.7 Å². The monoisotopic (exact) mass is 374 g/mol. The number of rotatable bonds is 7. The summed E-state index contributed by atoms with van der Waals surface area (Å²) in [5.41, 5.74) is 1.94. The van der Waals surface area contributed by atoms with Crippen molar-refractivity contribution in [1.82, 2.24) is 9.80 Å². The van der Waals surface area contributed by atoms with E-state index in [1.807, 2.05) is 24.3 Å². The summed E-state index contributed by atoms with van der Waals surface area (Å²) >= 11 is 0. The van der Waals surface area contributed by atoms with Crippen LogP contribution in [0.3, 0.4) is 0 Å². The van der Waals surface area contributed by atoms with E-state index in [1.54, 1.807) is 13.2 Å². The van der Waals surface area contributed by atoms with Gasteiger partial charge in [0.1, 0.15) is 17.3 Å². The Morgan fingerprint density at radius 1 is 1.11 bits per heavy atom. The fraction of sp³-hybridized carbons (Fsp3) is 0.429. The Labute approximate surface area is 159 Å². The lowest BCUT2D eigenvalue weighted by molar-refractivity contribution is 0.0496. The van der Waals surface area contributed by atoms with Crippen LogP contribution in [0.15, 0.2) is 42.5 Å². The molecule has 0 bridgehead atoms. The highest BCUT2D eigenvalue weighted by Gasteiger charge is 2.27. The van der Waals surface area contributed by atoms with Crippen LogP contribution < -0.4 is 4.74 Å². The van der Waals surface area contributed by atoms with Crippen molar-refractivity contribution in [3.63, 3.8) is 0 Å². The van der Waals surface area contributed by atoms with E-state index < -0.39 is 0 Å². The SMILES string of the molecule is COc1ccc(CN2CCN(Cc3ccc(F)cc3)C(CCO)C2)c(O)c1. The van der Waals surface area contributed by atoms with Gasteiger partial charge in [-0.25, -0.2) is 4.39 Å². The van der Waals surface area contributed by atoms with E-state index in [-0.39, 0.29) is 24.2 Å². The molecular weight excluding hydrogens is 347 g/mol. The quantitative estimate of drug-likeness (QED) is 0.780. The summed E-state index contributed by atoms with van der Waals surface area (Å²) in [5, 5.41) is 19.7. The highest BCUT2D eigenvalue weighted by molar-refractivity contribution is 5.39. The molecule has 0 aromatic heterocycles. The zero-order valence-electron chi connectivity index (χ0n) is 15.6. The number of methoxy groups -OCH3 is 1.